The number of nitrogens with one attached hydrogen (secondary N) is 1. The van der Waals surface area contributed by atoms with Crippen LogP contribution < -0.4 is 5.32 Å². The number of nitrogens with zero attached hydrogens (tertiary/aromatic N) is 1. The molecule has 5 heteroatoms. The van der Waals surface area contributed by atoms with Crippen molar-refractivity contribution in [3.63, 3.8) is 0 Å². The van der Waals surface area contributed by atoms with Crippen molar-refractivity contribution < 1.29 is 9.90 Å². The van der Waals surface area contributed by atoms with Crippen LogP contribution in [-0.2, 0) is 6.42 Å². The minimum absolute atomic E-state index is 0.0799. The van der Waals surface area contributed by atoms with E-state index in [2.05, 4.69) is 22.4 Å². The van der Waals surface area contributed by atoms with Crippen LogP contribution in [0.4, 0.5) is 5.82 Å². The van der Waals surface area contributed by atoms with Crippen LogP contribution in [0.5, 0.6) is 0 Å². The fraction of sp³-hybridized carbons (Fsp3) is 0.200. The highest BCUT2D eigenvalue weighted by molar-refractivity contribution is 6.33. The molecule has 20 heavy (non-hydrogen) atoms. The topological polar surface area (TPSA) is 62.2 Å². The maximum atomic E-state index is 10.8. The van der Waals surface area contributed by atoms with Gasteiger partial charge in [-0.15, -0.1) is 0 Å². The second kappa shape index (κ2) is 6.39. The smallest absolute Gasteiger partial charge is 0.337 e. The van der Waals surface area contributed by atoms with Gasteiger partial charge in [-0.25, -0.2) is 9.78 Å². The maximum absolute atomic E-state index is 10.8. The van der Waals surface area contributed by atoms with Crippen molar-refractivity contribution in [2.45, 2.75) is 19.4 Å². The van der Waals surface area contributed by atoms with E-state index in [-0.39, 0.29) is 11.6 Å². The van der Waals surface area contributed by atoms with Gasteiger partial charge in [0.05, 0.1) is 10.6 Å². The summed E-state index contributed by atoms with van der Waals surface area (Å²) in [6.07, 6.45) is 2.13. The van der Waals surface area contributed by atoms with Gasteiger partial charge in [-0.2, -0.15) is 0 Å². The monoisotopic (exact) mass is 290 g/mol. The Labute approximate surface area is 122 Å². The largest absolute Gasteiger partial charge is 0.478 e. The molecule has 0 bridgehead atoms. The standard InChI is InChI=1S/C15H15ClN2O2/c1-10(7-11-5-3-2-4-6-11)18-14-13(16)8-12(9-17-14)15(19)20/h2-6,8-10H,7H2,1H3,(H,17,18)(H,19,20). The summed E-state index contributed by atoms with van der Waals surface area (Å²) in [5.74, 6) is -0.539. The Morgan fingerprint density at radius 2 is 2.10 bits per heavy atom. The van der Waals surface area contributed by atoms with Crippen LogP contribution in [0.2, 0.25) is 5.02 Å². The zero-order valence-electron chi connectivity index (χ0n) is 11.0. The van der Waals surface area contributed by atoms with E-state index in [9.17, 15) is 4.79 Å². The quantitative estimate of drug-likeness (QED) is 0.885. The van der Waals surface area contributed by atoms with Gasteiger partial charge in [-0.3, -0.25) is 0 Å². The minimum atomic E-state index is -1.04. The maximum Gasteiger partial charge on any atom is 0.337 e. The van der Waals surface area contributed by atoms with Crippen LogP contribution in [0.1, 0.15) is 22.8 Å². The molecule has 0 fully saturated rings. The molecule has 0 radical (unpaired) electrons. The predicted octanol–water partition coefficient (Wildman–Crippen LogP) is 3.48. The molecule has 104 valence electrons. The van der Waals surface area contributed by atoms with Gasteiger partial charge in [0.15, 0.2) is 0 Å². The summed E-state index contributed by atoms with van der Waals surface area (Å²) < 4.78 is 0. The lowest BCUT2D eigenvalue weighted by molar-refractivity contribution is 0.0696. The molecule has 0 aliphatic rings. The molecule has 0 amide bonds. The third-order valence-corrected chi connectivity index (χ3v) is 3.14. The van der Waals surface area contributed by atoms with Crippen molar-refractivity contribution in [3.8, 4) is 0 Å². The second-order valence-corrected chi connectivity index (χ2v) is 5.00. The van der Waals surface area contributed by atoms with Crippen LogP contribution in [0.25, 0.3) is 0 Å². The molecule has 1 atom stereocenters. The lowest BCUT2D eigenvalue weighted by Gasteiger charge is -2.15. The fourth-order valence-electron chi connectivity index (χ4n) is 1.91. The lowest BCUT2D eigenvalue weighted by Crippen LogP contribution is -2.19. The van der Waals surface area contributed by atoms with E-state index < -0.39 is 5.97 Å². The third kappa shape index (κ3) is 3.71. The molecule has 2 N–H and O–H groups in total. The highest BCUT2D eigenvalue weighted by atomic mass is 35.5. The van der Waals surface area contributed by atoms with Gasteiger partial charge in [0.1, 0.15) is 5.82 Å². The molecular formula is C15H15ClN2O2. The van der Waals surface area contributed by atoms with Crippen molar-refractivity contribution in [1.29, 1.82) is 0 Å². The number of hydrogen-bond acceptors (Lipinski definition) is 3. The van der Waals surface area contributed by atoms with Crippen LogP contribution in [0, 0.1) is 0 Å². The Hall–Kier alpha value is -2.07. The van der Waals surface area contributed by atoms with Gasteiger partial charge in [-0.1, -0.05) is 41.9 Å². The molecule has 1 aromatic carbocycles. The van der Waals surface area contributed by atoms with Gasteiger partial charge in [0.2, 0.25) is 0 Å². The SMILES string of the molecule is CC(Cc1ccccc1)Nc1ncc(C(=O)O)cc1Cl. The van der Waals surface area contributed by atoms with Crippen LogP contribution in [-0.4, -0.2) is 22.1 Å². The van der Waals surface area contributed by atoms with Crippen LogP contribution in [0.3, 0.4) is 0 Å². The highest BCUT2D eigenvalue weighted by Gasteiger charge is 2.11. The highest BCUT2D eigenvalue weighted by Crippen LogP contribution is 2.21. The molecule has 1 unspecified atom stereocenters. The number of aromatic nitrogens is 1. The summed E-state index contributed by atoms with van der Waals surface area (Å²) in [7, 11) is 0. The van der Waals surface area contributed by atoms with E-state index in [1.165, 1.54) is 17.8 Å². The summed E-state index contributed by atoms with van der Waals surface area (Å²) in [4.78, 5) is 14.9. The Morgan fingerprint density at radius 1 is 1.40 bits per heavy atom. The van der Waals surface area contributed by atoms with Gasteiger partial charge >= 0.3 is 5.97 Å². The molecule has 0 saturated carbocycles. The number of benzene rings is 1. The summed E-state index contributed by atoms with van der Waals surface area (Å²) in [6, 6.07) is 11.6. The van der Waals surface area contributed by atoms with E-state index >= 15 is 0 Å². The van der Waals surface area contributed by atoms with E-state index in [0.717, 1.165) is 6.42 Å². The van der Waals surface area contributed by atoms with Crippen molar-refractivity contribution in [1.82, 2.24) is 4.98 Å². The van der Waals surface area contributed by atoms with Crippen LogP contribution in [0.15, 0.2) is 42.6 Å². The van der Waals surface area contributed by atoms with E-state index in [1.54, 1.807) is 0 Å². The molecule has 0 aliphatic heterocycles. The number of aromatic carboxylic acids is 1. The van der Waals surface area contributed by atoms with Gasteiger partial charge in [0.25, 0.3) is 0 Å². The fourth-order valence-corrected chi connectivity index (χ4v) is 2.13. The number of hydrogen-bond donors (Lipinski definition) is 2. The average molecular weight is 291 g/mol. The van der Waals surface area contributed by atoms with Gasteiger partial charge < -0.3 is 10.4 Å². The first-order valence-corrected chi connectivity index (χ1v) is 6.63. The zero-order chi connectivity index (χ0) is 14.5. The Morgan fingerprint density at radius 3 is 2.70 bits per heavy atom. The molecule has 0 spiro atoms. The molecule has 0 aliphatic carbocycles. The molecule has 1 aromatic heterocycles. The van der Waals surface area contributed by atoms with E-state index in [1.807, 2.05) is 25.1 Å². The second-order valence-electron chi connectivity index (χ2n) is 4.59. The number of carbonyl (C=O) groups is 1. The number of rotatable bonds is 5. The van der Waals surface area contributed by atoms with E-state index in [0.29, 0.717) is 10.8 Å². The molecule has 4 nitrogen and oxygen atoms in total. The average Bonchev–Trinajstić information content (AvgIpc) is 2.42. The normalized spacial score (nSPS) is 11.9. The Balaban J connectivity index is 2.04. The first-order valence-electron chi connectivity index (χ1n) is 6.25. The molecule has 0 saturated heterocycles. The van der Waals surface area contributed by atoms with Gasteiger partial charge in [0, 0.05) is 12.2 Å². The van der Waals surface area contributed by atoms with Gasteiger partial charge in [-0.05, 0) is 25.0 Å². The summed E-state index contributed by atoms with van der Waals surface area (Å²) in [6.45, 7) is 2.02. The number of pyridine rings is 1. The van der Waals surface area contributed by atoms with Crippen molar-refractivity contribution in [3.05, 3.63) is 58.7 Å². The minimum Gasteiger partial charge on any atom is -0.478 e. The first-order chi connectivity index (χ1) is 9.56. The van der Waals surface area contributed by atoms with Crippen molar-refractivity contribution in [2.24, 2.45) is 0 Å². The molecular weight excluding hydrogens is 276 g/mol. The molecule has 1 heterocycles. The third-order valence-electron chi connectivity index (χ3n) is 2.86. The Bertz CT molecular complexity index is 602. The summed E-state index contributed by atoms with van der Waals surface area (Å²) in [5, 5.41) is 12.4. The lowest BCUT2D eigenvalue weighted by atomic mass is 10.1. The summed E-state index contributed by atoms with van der Waals surface area (Å²) >= 11 is 6.03. The molecule has 2 aromatic rings. The predicted molar refractivity (Wildman–Crippen MR) is 79.4 cm³/mol. The number of anilines is 1. The van der Waals surface area contributed by atoms with Crippen molar-refractivity contribution in [2.75, 3.05) is 5.32 Å². The molecule has 2 rings (SSSR count). The number of carboxylic acids is 1. The number of halogens is 1. The van der Waals surface area contributed by atoms with E-state index in [4.69, 9.17) is 16.7 Å². The zero-order valence-corrected chi connectivity index (χ0v) is 11.8. The number of carboxylic acid groups (broad SMARTS) is 1. The van der Waals surface area contributed by atoms with Crippen LogP contribution >= 0.6 is 11.6 Å². The van der Waals surface area contributed by atoms with Crippen molar-refractivity contribution >= 4 is 23.4 Å². The first kappa shape index (κ1) is 14.3. The Kier molecular flexibility index (Phi) is 4.58. The summed E-state index contributed by atoms with van der Waals surface area (Å²) in [5.41, 5.74) is 1.29.